The third kappa shape index (κ3) is 4.83. The predicted octanol–water partition coefficient (Wildman–Crippen LogP) is 2.29. The SMILES string of the molecule is CCNC(N)=NCc1ccccc1CC.I. The highest BCUT2D eigenvalue weighted by molar-refractivity contribution is 14.0. The number of aliphatic imine (C=N–C) groups is 1. The molecule has 0 aliphatic heterocycles. The molecule has 0 atom stereocenters. The highest BCUT2D eigenvalue weighted by atomic mass is 127. The first-order chi connectivity index (χ1) is 7.27. The Morgan fingerprint density at radius 1 is 1.25 bits per heavy atom. The Labute approximate surface area is 115 Å². The van der Waals surface area contributed by atoms with Gasteiger partial charge in [0.2, 0.25) is 0 Å². The second kappa shape index (κ2) is 8.38. The van der Waals surface area contributed by atoms with Crippen LogP contribution in [0.2, 0.25) is 0 Å². The molecule has 0 saturated heterocycles. The molecule has 0 amide bonds. The highest BCUT2D eigenvalue weighted by Gasteiger charge is 1.98. The van der Waals surface area contributed by atoms with Crippen molar-refractivity contribution in [1.29, 1.82) is 0 Å². The zero-order valence-corrected chi connectivity index (χ0v) is 12.2. The molecule has 1 rings (SSSR count). The van der Waals surface area contributed by atoms with Crippen LogP contribution in [0.5, 0.6) is 0 Å². The smallest absolute Gasteiger partial charge is 0.188 e. The maximum Gasteiger partial charge on any atom is 0.188 e. The minimum atomic E-state index is 0. The Morgan fingerprint density at radius 3 is 2.44 bits per heavy atom. The van der Waals surface area contributed by atoms with Gasteiger partial charge in [-0.05, 0) is 24.5 Å². The average Bonchev–Trinajstić information content (AvgIpc) is 2.27. The quantitative estimate of drug-likeness (QED) is 0.505. The van der Waals surface area contributed by atoms with Crippen LogP contribution >= 0.6 is 24.0 Å². The molecule has 3 N–H and O–H groups in total. The zero-order chi connectivity index (χ0) is 11.1. The number of hydrogen-bond acceptors (Lipinski definition) is 1. The number of hydrogen-bond donors (Lipinski definition) is 2. The van der Waals surface area contributed by atoms with E-state index in [1.54, 1.807) is 0 Å². The van der Waals surface area contributed by atoms with Crippen LogP contribution in [-0.2, 0) is 13.0 Å². The summed E-state index contributed by atoms with van der Waals surface area (Å²) in [6.45, 7) is 5.62. The van der Waals surface area contributed by atoms with Crippen molar-refractivity contribution in [1.82, 2.24) is 5.32 Å². The van der Waals surface area contributed by atoms with E-state index in [9.17, 15) is 0 Å². The van der Waals surface area contributed by atoms with Gasteiger partial charge in [-0.2, -0.15) is 0 Å². The summed E-state index contributed by atoms with van der Waals surface area (Å²) in [6.07, 6.45) is 1.03. The summed E-state index contributed by atoms with van der Waals surface area (Å²) < 4.78 is 0. The first-order valence-corrected chi connectivity index (χ1v) is 5.38. The van der Waals surface area contributed by atoms with Crippen molar-refractivity contribution in [2.75, 3.05) is 6.54 Å². The maximum absolute atomic E-state index is 5.66. The lowest BCUT2D eigenvalue weighted by atomic mass is 10.1. The molecule has 3 nitrogen and oxygen atoms in total. The van der Waals surface area contributed by atoms with Crippen LogP contribution in [0.25, 0.3) is 0 Å². The number of benzene rings is 1. The Kier molecular flexibility index (Phi) is 7.97. The Bertz CT molecular complexity index is 337. The molecule has 4 heteroatoms. The van der Waals surface area contributed by atoms with Crippen LogP contribution in [0.1, 0.15) is 25.0 Å². The van der Waals surface area contributed by atoms with E-state index in [4.69, 9.17) is 5.73 Å². The second-order valence-corrected chi connectivity index (χ2v) is 3.35. The molecule has 1 aromatic rings. The third-order valence-electron chi connectivity index (χ3n) is 2.28. The van der Waals surface area contributed by atoms with Crippen molar-refractivity contribution in [2.24, 2.45) is 10.7 Å². The zero-order valence-electron chi connectivity index (χ0n) is 9.86. The number of halogens is 1. The van der Waals surface area contributed by atoms with Crippen molar-refractivity contribution in [3.05, 3.63) is 35.4 Å². The molecule has 90 valence electrons. The van der Waals surface area contributed by atoms with Crippen molar-refractivity contribution >= 4 is 29.9 Å². The number of rotatable bonds is 4. The first-order valence-electron chi connectivity index (χ1n) is 5.38. The van der Waals surface area contributed by atoms with E-state index in [0.29, 0.717) is 12.5 Å². The normalized spacial score (nSPS) is 10.8. The summed E-state index contributed by atoms with van der Waals surface area (Å²) in [5, 5.41) is 2.98. The fraction of sp³-hybridized carbons (Fsp3) is 0.417. The molecular formula is C12H20IN3. The first kappa shape index (κ1) is 15.2. The van der Waals surface area contributed by atoms with Crippen LogP contribution in [0.3, 0.4) is 0 Å². The van der Waals surface area contributed by atoms with E-state index in [2.05, 4.69) is 35.4 Å². The van der Waals surface area contributed by atoms with Crippen LogP contribution < -0.4 is 11.1 Å². The fourth-order valence-corrected chi connectivity index (χ4v) is 1.46. The average molecular weight is 333 g/mol. The molecule has 0 aliphatic carbocycles. The van der Waals surface area contributed by atoms with Gasteiger partial charge < -0.3 is 11.1 Å². The molecule has 0 aliphatic rings. The number of nitrogens with one attached hydrogen (secondary N) is 1. The molecule has 0 unspecified atom stereocenters. The summed E-state index contributed by atoms with van der Waals surface area (Å²) in [7, 11) is 0. The van der Waals surface area contributed by atoms with Gasteiger partial charge in [0.15, 0.2) is 5.96 Å². The predicted molar refractivity (Wildman–Crippen MR) is 80.2 cm³/mol. The van der Waals surface area contributed by atoms with E-state index >= 15 is 0 Å². The molecule has 0 saturated carbocycles. The molecule has 0 spiro atoms. The van der Waals surface area contributed by atoms with Crippen LogP contribution in [0.4, 0.5) is 0 Å². The minimum Gasteiger partial charge on any atom is -0.370 e. The Hall–Kier alpha value is -0.780. The highest BCUT2D eigenvalue weighted by Crippen LogP contribution is 2.10. The van der Waals surface area contributed by atoms with E-state index in [1.165, 1.54) is 11.1 Å². The lowest BCUT2D eigenvalue weighted by molar-refractivity contribution is 0.918. The fourth-order valence-electron chi connectivity index (χ4n) is 1.46. The molecule has 16 heavy (non-hydrogen) atoms. The van der Waals surface area contributed by atoms with Crippen LogP contribution in [-0.4, -0.2) is 12.5 Å². The standard InChI is InChI=1S/C12H19N3.HI/c1-3-10-7-5-6-8-11(10)9-15-12(13)14-4-2;/h5-8H,3-4,9H2,1-2H3,(H3,13,14,15);1H. The molecule has 0 bridgehead atoms. The van der Waals surface area contributed by atoms with Gasteiger partial charge in [-0.25, -0.2) is 4.99 Å². The van der Waals surface area contributed by atoms with Crippen molar-refractivity contribution < 1.29 is 0 Å². The summed E-state index contributed by atoms with van der Waals surface area (Å²) >= 11 is 0. The van der Waals surface area contributed by atoms with Gasteiger partial charge >= 0.3 is 0 Å². The topological polar surface area (TPSA) is 50.4 Å². The lowest BCUT2D eigenvalue weighted by Gasteiger charge is -2.05. The van der Waals surface area contributed by atoms with E-state index in [-0.39, 0.29) is 24.0 Å². The summed E-state index contributed by atoms with van der Waals surface area (Å²) in [4.78, 5) is 4.28. The second-order valence-electron chi connectivity index (χ2n) is 3.35. The van der Waals surface area contributed by atoms with E-state index in [1.807, 2.05) is 13.0 Å². The summed E-state index contributed by atoms with van der Waals surface area (Å²) in [5.74, 6) is 0.517. The van der Waals surface area contributed by atoms with Crippen molar-refractivity contribution in [3.63, 3.8) is 0 Å². The lowest BCUT2D eigenvalue weighted by Crippen LogP contribution is -2.31. The molecule has 0 radical (unpaired) electrons. The number of aryl methyl sites for hydroxylation is 1. The molecule has 0 fully saturated rings. The number of nitrogens with two attached hydrogens (primary N) is 1. The monoisotopic (exact) mass is 333 g/mol. The molecular weight excluding hydrogens is 313 g/mol. The van der Waals surface area contributed by atoms with Crippen molar-refractivity contribution in [3.8, 4) is 0 Å². The third-order valence-corrected chi connectivity index (χ3v) is 2.28. The van der Waals surface area contributed by atoms with Gasteiger partial charge in [0.05, 0.1) is 6.54 Å². The molecule has 1 aromatic carbocycles. The summed E-state index contributed by atoms with van der Waals surface area (Å²) in [6, 6.07) is 8.32. The minimum absolute atomic E-state index is 0. The van der Waals surface area contributed by atoms with Gasteiger partial charge in [0.25, 0.3) is 0 Å². The summed E-state index contributed by atoms with van der Waals surface area (Å²) in [5.41, 5.74) is 8.25. The number of nitrogens with zero attached hydrogens (tertiary/aromatic N) is 1. The van der Waals surface area contributed by atoms with Crippen LogP contribution in [0, 0.1) is 0 Å². The van der Waals surface area contributed by atoms with Gasteiger partial charge in [-0.3, -0.25) is 0 Å². The maximum atomic E-state index is 5.66. The largest absolute Gasteiger partial charge is 0.370 e. The van der Waals surface area contributed by atoms with E-state index < -0.39 is 0 Å². The van der Waals surface area contributed by atoms with Gasteiger partial charge in [0.1, 0.15) is 0 Å². The van der Waals surface area contributed by atoms with Gasteiger partial charge in [-0.15, -0.1) is 24.0 Å². The Morgan fingerprint density at radius 2 is 1.88 bits per heavy atom. The van der Waals surface area contributed by atoms with Gasteiger partial charge in [-0.1, -0.05) is 31.2 Å². The van der Waals surface area contributed by atoms with Gasteiger partial charge in [0, 0.05) is 6.54 Å². The van der Waals surface area contributed by atoms with Crippen LogP contribution in [0.15, 0.2) is 29.3 Å². The Balaban J connectivity index is 0.00000225. The molecule has 0 aromatic heterocycles. The van der Waals surface area contributed by atoms with E-state index in [0.717, 1.165) is 13.0 Å². The van der Waals surface area contributed by atoms with Crippen molar-refractivity contribution in [2.45, 2.75) is 26.8 Å². The molecule has 0 heterocycles. The number of guanidine groups is 1.